The van der Waals surface area contributed by atoms with Gasteiger partial charge in [0.15, 0.2) is 0 Å². The Balaban J connectivity index is 1.96. The Kier molecular flexibility index (Phi) is 4.86. The fraction of sp³-hybridized carbons (Fsp3) is 0.500. The van der Waals surface area contributed by atoms with Crippen LogP contribution in [0.5, 0.6) is 5.75 Å². The first-order valence-electron chi connectivity index (χ1n) is 8.47. The highest BCUT2D eigenvalue weighted by molar-refractivity contribution is 5.97. The number of aromatic amines is 1. The van der Waals surface area contributed by atoms with E-state index in [1.165, 1.54) is 13.3 Å². The van der Waals surface area contributed by atoms with Crippen molar-refractivity contribution in [2.75, 3.05) is 27.4 Å². The number of rotatable bonds is 6. The quantitative estimate of drug-likeness (QED) is 0.842. The molecule has 3 heterocycles. The molecule has 1 unspecified atom stereocenters. The van der Waals surface area contributed by atoms with E-state index in [1.807, 2.05) is 10.8 Å². The second-order valence-electron chi connectivity index (χ2n) is 7.05. The maximum absolute atomic E-state index is 13.1. The smallest absolute Gasteiger partial charge is 0.264 e. The van der Waals surface area contributed by atoms with Gasteiger partial charge in [0.05, 0.1) is 19.8 Å². The number of carbonyl (C=O) groups is 1. The van der Waals surface area contributed by atoms with Crippen LogP contribution in [0.1, 0.15) is 36.1 Å². The van der Waals surface area contributed by atoms with Gasteiger partial charge in [-0.1, -0.05) is 13.8 Å². The van der Waals surface area contributed by atoms with E-state index >= 15 is 0 Å². The molecule has 26 heavy (non-hydrogen) atoms. The number of amides is 1. The molecule has 0 aromatic carbocycles. The van der Waals surface area contributed by atoms with Crippen molar-refractivity contribution in [2.45, 2.75) is 26.4 Å². The lowest BCUT2D eigenvalue weighted by Gasteiger charge is -2.53. The summed E-state index contributed by atoms with van der Waals surface area (Å²) in [5.74, 6) is 0.706. The largest absolute Gasteiger partial charge is 0.496 e. The Morgan fingerprint density at radius 1 is 1.42 bits per heavy atom. The second kappa shape index (κ2) is 6.95. The minimum atomic E-state index is -0.458. The van der Waals surface area contributed by atoms with E-state index in [0.717, 1.165) is 5.82 Å². The van der Waals surface area contributed by atoms with E-state index in [9.17, 15) is 9.59 Å². The molecular formula is C18H24N4O4. The Labute approximate surface area is 151 Å². The number of hydrogen-bond donors (Lipinski definition) is 1. The van der Waals surface area contributed by atoms with E-state index in [2.05, 4.69) is 23.8 Å². The first-order valence-corrected chi connectivity index (χ1v) is 8.47. The molecule has 0 radical (unpaired) electrons. The van der Waals surface area contributed by atoms with Crippen LogP contribution in [0.3, 0.4) is 0 Å². The van der Waals surface area contributed by atoms with Crippen LogP contribution in [-0.2, 0) is 11.3 Å². The van der Waals surface area contributed by atoms with E-state index in [0.29, 0.717) is 19.7 Å². The average Bonchev–Trinajstić information content (AvgIpc) is 3.04. The van der Waals surface area contributed by atoms with Crippen LogP contribution in [0, 0.1) is 5.41 Å². The van der Waals surface area contributed by atoms with Gasteiger partial charge >= 0.3 is 0 Å². The topological polar surface area (TPSA) is 89.4 Å². The number of pyridine rings is 1. The molecule has 0 bridgehead atoms. The van der Waals surface area contributed by atoms with Crippen molar-refractivity contribution in [1.29, 1.82) is 0 Å². The van der Waals surface area contributed by atoms with Gasteiger partial charge in [-0.05, 0) is 6.07 Å². The molecule has 2 aromatic heterocycles. The number of aromatic nitrogens is 3. The zero-order valence-electron chi connectivity index (χ0n) is 15.5. The Morgan fingerprint density at radius 3 is 2.85 bits per heavy atom. The number of likely N-dealkylation sites (tertiary alicyclic amines) is 1. The molecule has 1 aliphatic heterocycles. The molecular weight excluding hydrogens is 336 g/mol. The number of methoxy groups -OCH3 is 2. The van der Waals surface area contributed by atoms with Gasteiger partial charge in [-0.25, -0.2) is 4.98 Å². The number of ether oxygens (including phenoxy) is 2. The van der Waals surface area contributed by atoms with Crippen LogP contribution >= 0.6 is 0 Å². The predicted octanol–water partition coefficient (Wildman–Crippen LogP) is 1.45. The summed E-state index contributed by atoms with van der Waals surface area (Å²) in [6, 6.07) is 1.35. The highest BCUT2D eigenvalue weighted by Gasteiger charge is 2.51. The van der Waals surface area contributed by atoms with Crippen LogP contribution in [0.25, 0.3) is 0 Å². The molecule has 1 aliphatic rings. The zero-order chi connectivity index (χ0) is 18.9. The molecule has 3 rings (SSSR count). The van der Waals surface area contributed by atoms with Crippen molar-refractivity contribution in [3.05, 3.63) is 46.4 Å². The van der Waals surface area contributed by atoms with Crippen molar-refractivity contribution in [3.63, 3.8) is 0 Å². The van der Waals surface area contributed by atoms with Gasteiger partial charge in [-0.2, -0.15) is 0 Å². The summed E-state index contributed by atoms with van der Waals surface area (Å²) < 4.78 is 12.4. The summed E-state index contributed by atoms with van der Waals surface area (Å²) in [5.41, 5.74) is -0.591. The van der Waals surface area contributed by atoms with Crippen LogP contribution in [0.4, 0.5) is 0 Å². The molecule has 8 heteroatoms. The summed E-state index contributed by atoms with van der Waals surface area (Å²) in [5, 5.41) is 0. The van der Waals surface area contributed by atoms with Crippen LogP contribution in [0.2, 0.25) is 0 Å². The highest BCUT2D eigenvalue weighted by atomic mass is 16.5. The van der Waals surface area contributed by atoms with Crippen molar-refractivity contribution in [2.24, 2.45) is 5.41 Å². The summed E-state index contributed by atoms with van der Waals surface area (Å²) >= 11 is 0. The Morgan fingerprint density at radius 2 is 2.19 bits per heavy atom. The van der Waals surface area contributed by atoms with E-state index in [1.54, 1.807) is 24.3 Å². The first-order chi connectivity index (χ1) is 12.4. The minimum absolute atomic E-state index is 0.0190. The Bertz CT molecular complexity index is 855. The molecule has 1 atom stereocenters. The van der Waals surface area contributed by atoms with Crippen LogP contribution in [0.15, 0.2) is 29.5 Å². The highest BCUT2D eigenvalue weighted by Crippen LogP contribution is 2.48. The standard InChI is InChI=1S/C18H24N4O4/c1-18(2)11-22(14(18)15-19-7-8-21(15)9-10-25-3)17(24)13-12(26-4)5-6-20-16(13)23/h5-8,14H,9-11H2,1-4H3,(H,20,23). The molecule has 1 fully saturated rings. The Hall–Kier alpha value is -2.61. The van der Waals surface area contributed by atoms with Gasteiger partial charge in [-0.15, -0.1) is 0 Å². The number of carbonyl (C=O) groups excluding carboxylic acids is 1. The monoisotopic (exact) mass is 360 g/mol. The summed E-state index contributed by atoms with van der Waals surface area (Å²) in [7, 11) is 3.09. The maximum Gasteiger partial charge on any atom is 0.264 e. The van der Waals surface area contributed by atoms with E-state index < -0.39 is 5.56 Å². The lowest BCUT2D eigenvalue weighted by Crippen LogP contribution is -2.59. The molecule has 2 aromatic rings. The molecule has 1 saturated heterocycles. The van der Waals surface area contributed by atoms with Gasteiger partial charge in [0.1, 0.15) is 17.1 Å². The van der Waals surface area contributed by atoms with Crippen LogP contribution in [-0.4, -0.2) is 52.7 Å². The van der Waals surface area contributed by atoms with Gasteiger partial charge < -0.3 is 23.9 Å². The number of nitrogens with one attached hydrogen (secondary N) is 1. The predicted molar refractivity (Wildman–Crippen MR) is 95.3 cm³/mol. The fourth-order valence-corrected chi connectivity index (χ4v) is 3.53. The molecule has 8 nitrogen and oxygen atoms in total. The third-order valence-electron chi connectivity index (χ3n) is 4.78. The SMILES string of the molecule is COCCn1ccnc1C1N(C(=O)c2c(OC)cc[nH]c2=O)CC1(C)C. The first kappa shape index (κ1) is 18.2. The third kappa shape index (κ3) is 3.01. The summed E-state index contributed by atoms with van der Waals surface area (Å²) in [4.78, 5) is 34.0. The fourth-order valence-electron chi connectivity index (χ4n) is 3.53. The number of nitrogens with zero attached hydrogens (tertiary/aromatic N) is 3. The number of H-pyrrole nitrogens is 1. The number of hydrogen-bond acceptors (Lipinski definition) is 5. The normalized spacial score (nSPS) is 18.5. The molecule has 1 N–H and O–H groups in total. The lowest BCUT2D eigenvalue weighted by molar-refractivity contribution is -0.0384. The van der Waals surface area contributed by atoms with Gasteiger partial charge in [0.2, 0.25) is 0 Å². The average molecular weight is 360 g/mol. The number of imidazole rings is 1. The minimum Gasteiger partial charge on any atom is -0.496 e. The van der Waals surface area contributed by atoms with Gasteiger partial charge in [0, 0.05) is 44.2 Å². The molecule has 0 spiro atoms. The van der Waals surface area contributed by atoms with Crippen molar-refractivity contribution in [3.8, 4) is 5.75 Å². The van der Waals surface area contributed by atoms with Gasteiger partial charge in [-0.3, -0.25) is 9.59 Å². The summed E-state index contributed by atoms with van der Waals surface area (Å²) in [6.07, 6.45) is 5.06. The van der Waals surface area contributed by atoms with Crippen molar-refractivity contribution < 1.29 is 14.3 Å². The second-order valence-corrected chi connectivity index (χ2v) is 7.05. The summed E-state index contributed by atoms with van der Waals surface area (Å²) in [6.45, 7) is 5.91. The molecule has 1 amide bonds. The van der Waals surface area contributed by atoms with Crippen LogP contribution < -0.4 is 10.3 Å². The van der Waals surface area contributed by atoms with E-state index in [-0.39, 0.29) is 28.7 Å². The zero-order valence-corrected chi connectivity index (χ0v) is 15.5. The van der Waals surface area contributed by atoms with E-state index in [4.69, 9.17) is 9.47 Å². The van der Waals surface area contributed by atoms with Crippen molar-refractivity contribution >= 4 is 5.91 Å². The molecule has 0 saturated carbocycles. The maximum atomic E-state index is 13.1. The lowest BCUT2D eigenvalue weighted by atomic mass is 9.74. The molecule has 0 aliphatic carbocycles. The molecule has 140 valence electrons. The third-order valence-corrected chi connectivity index (χ3v) is 4.78. The van der Waals surface area contributed by atoms with Crippen molar-refractivity contribution in [1.82, 2.24) is 19.4 Å². The van der Waals surface area contributed by atoms with Gasteiger partial charge in [0.25, 0.3) is 11.5 Å².